The molecule has 0 fully saturated rings. The summed E-state index contributed by atoms with van der Waals surface area (Å²) in [6.07, 6.45) is 3.89. The van der Waals surface area contributed by atoms with Crippen molar-refractivity contribution in [1.29, 1.82) is 0 Å². The van der Waals surface area contributed by atoms with Gasteiger partial charge in [0.25, 0.3) is 0 Å². The lowest BCUT2D eigenvalue weighted by molar-refractivity contribution is 1.07. The molecule has 0 aliphatic rings. The fourth-order valence-corrected chi connectivity index (χ4v) is 1.53. The standard InChI is InChI=1S/C12H15N3/c1-15(12-6-7-14-9-12)11-4-2-10(8-13)3-5-11/h2-7,9,14H,8,13H2,1H3. The zero-order chi connectivity index (χ0) is 10.7. The SMILES string of the molecule is CN(c1ccc(CN)cc1)c1cc[nH]c1. The maximum atomic E-state index is 5.55. The normalized spacial score (nSPS) is 10.3. The van der Waals surface area contributed by atoms with E-state index in [1.807, 2.05) is 25.5 Å². The maximum Gasteiger partial charge on any atom is 0.0585 e. The number of aromatic amines is 1. The summed E-state index contributed by atoms with van der Waals surface area (Å²) in [6.45, 7) is 0.591. The molecule has 0 saturated heterocycles. The summed E-state index contributed by atoms with van der Waals surface area (Å²) in [6, 6.07) is 10.3. The highest BCUT2D eigenvalue weighted by Gasteiger charge is 2.03. The molecule has 1 aromatic carbocycles. The highest BCUT2D eigenvalue weighted by atomic mass is 15.1. The van der Waals surface area contributed by atoms with E-state index >= 15 is 0 Å². The highest BCUT2D eigenvalue weighted by Crippen LogP contribution is 2.22. The largest absolute Gasteiger partial charge is 0.366 e. The summed E-state index contributed by atoms with van der Waals surface area (Å²) in [4.78, 5) is 5.16. The van der Waals surface area contributed by atoms with E-state index in [2.05, 4.69) is 34.1 Å². The fraction of sp³-hybridized carbons (Fsp3) is 0.167. The third-order valence-corrected chi connectivity index (χ3v) is 2.53. The summed E-state index contributed by atoms with van der Waals surface area (Å²) >= 11 is 0. The molecule has 0 bridgehead atoms. The summed E-state index contributed by atoms with van der Waals surface area (Å²) in [7, 11) is 2.04. The van der Waals surface area contributed by atoms with E-state index in [1.54, 1.807) is 0 Å². The summed E-state index contributed by atoms with van der Waals surface area (Å²) in [5, 5.41) is 0. The van der Waals surface area contributed by atoms with Gasteiger partial charge in [-0.15, -0.1) is 0 Å². The number of anilines is 2. The zero-order valence-corrected chi connectivity index (χ0v) is 8.77. The van der Waals surface area contributed by atoms with Crippen LogP contribution in [0.4, 0.5) is 11.4 Å². The smallest absolute Gasteiger partial charge is 0.0585 e. The van der Waals surface area contributed by atoms with Crippen LogP contribution in [0.3, 0.4) is 0 Å². The molecule has 78 valence electrons. The van der Waals surface area contributed by atoms with Crippen LogP contribution < -0.4 is 10.6 Å². The van der Waals surface area contributed by atoms with Crippen molar-refractivity contribution in [2.75, 3.05) is 11.9 Å². The first-order valence-corrected chi connectivity index (χ1v) is 4.97. The average Bonchev–Trinajstić information content (AvgIpc) is 2.82. The molecule has 0 amide bonds. The monoisotopic (exact) mass is 201 g/mol. The van der Waals surface area contributed by atoms with Gasteiger partial charge in [-0.3, -0.25) is 0 Å². The van der Waals surface area contributed by atoms with Crippen LogP contribution in [0.15, 0.2) is 42.7 Å². The van der Waals surface area contributed by atoms with Crippen molar-refractivity contribution in [3.63, 3.8) is 0 Å². The van der Waals surface area contributed by atoms with Crippen LogP contribution in [-0.4, -0.2) is 12.0 Å². The second kappa shape index (κ2) is 4.19. The lowest BCUT2D eigenvalue weighted by atomic mass is 10.2. The van der Waals surface area contributed by atoms with Gasteiger partial charge in [0.15, 0.2) is 0 Å². The molecular weight excluding hydrogens is 186 g/mol. The van der Waals surface area contributed by atoms with Crippen LogP contribution in [0, 0.1) is 0 Å². The van der Waals surface area contributed by atoms with Crippen LogP contribution in [0.25, 0.3) is 0 Å². The molecule has 1 aromatic heterocycles. The second-order valence-corrected chi connectivity index (χ2v) is 3.50. The van der Waals surface area contributed by atoms with Gasteiger partial charge in [-0.05, 0) is 23.8 Å². The van der Waals surface area contributed by atoms with Crippen molar-refractivity contribution in [3.05, 3.63) is 48.3 Å². The number of nitrogens with one attached hydrogen (secondary N) is 1. The molecule has 1 heterocycles. The summed E-state index contributed by atoms with van der Waals surface area (Å²) in [5.74, 6) is 0. The maximum absolute atomic E-state index is 5.55. The molecule has 2 rings (SSSR count). The van der Waals surface area contributed by atoms with Crippen LogP contribution in [0.2, 0.25) is 0 Å². The number of benzene rings is 1. The topological polar surface area (TPSA) is 45.0 Å². The Balaban J connectivity index is 2.22. The van der Waals surface area contributed by atoms with E-state index in [9.17, 15) is 0 Å². The van der Waals surface area contributed by atoms with Crippen molar-refractivity contribution < 1.29 is 0 Å². The van der Waals surface area contributed by atoms with Gasteiger partial charge in [0.2, 0.25) is 0 Å². The molecule has 0 unspecified atom stereocenters. The van der Waals surface area contributed by atoms with Gasteiger partial charge in [0.1, 0.15) is 0 Å². The van der Waals surface area contributed by atoms with Crippen molar-refractivity contribution in [2.24, 2.45) is 5.73 Å². The van der Waals surface area contributed by atoms with Gasteiger partial charge < -0.3 is 15.6 Å². The number of rotatable bonds is 3. The molecule has 3 heteroatoms. The van der Waals surface area contributed by atoms with Gasteiger partial charge >= 0.3 is 0 Å². The third kappa shape index (κ3) is 2.02. The molecule has 0 spiro atoms. The summed E-state index contributed by atoms with van der Waals surface area (Å²) < 4.78 is 0. The third-order valence-electron chi connectivity index (χ3n) is 2.53. The minimum absolute atomic E-state index is 0.591. The first-order valence-electron chi connectivity index (χ1n) is 4.97. The van der Waals surface area contributed by atoms with Crippen LogP contribution in [0.5, 0.6) is 0 Å². The molecule has 15 heavy (non-hydrogen) atoms. The van der Waals surface area contributed by atoms with Crippen LogP contribution in [-0.2, 0) is 6.54 Å². The Labute approximate surface area is 89.5 Å². The molecule has 3 N–H and O–H groups in total. The molecular formula is C12H15N3. The first kappa shape index (κ1) is 9.80. The van der Waals surface area contributed by atoms with E-state index in [0.29, 0.717) is 6.54 Å². The number of H-pyrrole nitrogens is 1. The Hall–Kier alpha value is -1.74. The van der Waals surface area contributed by atoms with Gasteiger partial charge in [-0.2, -0.15) is 0 Å². The number of aromatic nitrogens is 1. The van der Waals surface area contributed by atoms with Crippen molar-refractivity contribution in [2.45, 2.75) is 6.54 Å². The van der Waals surface area contributed by atoms with Crippen molar-refractivity contribution >= 4 is 11.4 Å². The molecule has 2 aromatic rings. The van der Waals surface area contributed by atoms with Gasteiger partial charge in [0, 0.05) is 31.7 Å². The summed E-state index contributed by atoms with van der Waals surface area (Å²) in [5.41, 5.74) is 9.01. The Morgan fingerprint density at radius 1 is 1.13 bits per heavy atom. The van der Waals surface area contributed by atoms with E-state index in [0.717, 1.165) is 16.9 Å². The lowest BCUT2D eigenvalue weighted by Gasteiger charge is -2.17. The molecule has 0 atom stereocenters. The van der Waals surface area contributed by atoms with Crippen LogP contribution >= 0.6 is 0 Å². The molecule has 0 aliphatic heterocycles. The Morgan fingerprint density at radius 2 is 1.87 bits per heavy atom. The number of hydrogen-bond donors (Lipinski definition) is 2. The van der Waals surface area contributed by atoms with E-state index in [1.165, 1.54) is 0 Å². The molecule has 0 aliphatic carbocycles. The van der Waals surface area contributed by atoms with Gasteiger partial charge in [-0.1, -0.05) is 12.1 Å². The van der Waals surface area contributed by atoms with E-state index in [-0.39, 0.29) is 0 Å². The number of nitrogens with zero attached hydrogens (tertiary/aromatic N) is 1. The van der Waals surface area contributed by atoms with Crippen molar-refractivity contribution in [1.82, 2.24) is 4.98 Å². The molecule has 3 nitrogen and oxygen atoms in total. The zero-order valence-electron chi connectivity index (χ0n) is 8.77. The Morgan fingerprint density at radius 3 is 2.40 bits per heavy atom. The Kier molecular flexibility index (Phi) is 2.74. The molecule has 0 saturated carbocycles. The fourth-order valence-electron chi connectivity index (χ4n) is 1.53. The minimum Gasteiger partial charge on any atom is -0.366 e. The number of nitrogens with two attached hydrogens (primary N) is 1. The van der Waals surface area contributed by atoms with E-state index in [4.69, 9.17) is 5.73 Å². The lowest BCUT2D eigenvalue weighted by Crippen LogP contribution is -2.08. The minimum atomic E-state index is 0.591. The van der Waals surface area contributed by atoms with E-state index < -0.39 is 0 Å². The highest BCUT2D eigenvalue weighted by molar-refractivity contribution is 5.61. The first-order chi connectivity index (χ1) is 7.31. The van der Waals surface area contributed by atoms with Crippen LogP contribution in [0.1, 0.15) is 5.56 Å². The predicted molar refractivity (Wildman–Crippen MR) is 63.2 cm³/mol. The molecule has 0 radical (unpaired) electrons. The van der Waals surface area contributed by atoms with Gasteiger partial charge in [0.05, 0.1) is 5.69 Å². The van der Waals surface area contributed by atoms with Gasteiger partial charge in [-0.25, -0.2) is 0 Å². The number of hydrogen-bond acceptors (Lipinski definition) is 2. The second-order valence-electron chi connectivity index (χ2n) is 3.50. The van der Waals surface area contributed by atoms with Crippen molar-refractivity contribution in [3.8, 4) is 0 Å². The Bertz CT molecular complexity index is 403. The quantitative estimate of drug-likeness (QED) is 0.800. The predicted octanol–water partition coefficient (Wildman–Crippen LogP) is 2.24. The average molecular weight is 201 g/mol.